The molecule has 0 saturated heterocycles. The van der Waals surface area contributed by atoms with Gasteiger partial charge in [-0.15, -0.1) is 0 Å². The SMILES string of the molecule is c1ccc([I-]c2ccc(-c3ccccc3)cc2)cc1. The quantitative estimate of drug-likeness (QED) is 0.623. The molecule has 0 N–H and O–H groups in total. The maximum atomic E-state index is 2.27. The van der Waals surface area contributed by atoms with Gasteiger partial charge in [0.25, 0.3) is 0 Å². The van der Waals surface area contributed by atoms with Crippen LogP contribution in [0.5, 0.6) is 0 Å². The summed E-state index contributed by atoms with van der Waals surface area (Å²) in [7, 11) is 0. The van der Waals surface area contributed by atoms with Crippen molar-refractivity contribution < 1.29 is 21.2 Å². The number of benzene rings is 3. The number of hydrogen-bond donors (Lipinski definition) is 0. The van der Waals surface area contributed by atoms with E-state index < -0.39 is 0 Å². The summed E-state index contributed by atoms with van der Waals surface area (Å²) in [5, 5.41) is 0. The Hall–Kier alpha value is -1.61. The summed E-state index contributed by atoms with van der Waals surface area (Å²) in [6.07, 6.45) is 0. The van der Waals surface area contributed by atoms with Gasteiger partial charge >= 0.3 is 124 Å². The van der Waals surface area contributed by atoms with E-state index in [-0.39, 0.29) is 21.2 Å². The molecule has 0 aliphatic rings. The second-order valence-electron chi connectivity index (χ2n) is 4.26. The molecule has 3 rings (SSSR count). The molecule has 94 valence electrons. The normalized spacial score (nSPS) is 10.5. The molecule has 3 aromatic carbocycles. The minimum absolute atomic E-state index is 0.0542. The average molecular weight is 357 g/mol. The van der Waals surface area contributed by atoms with Crippen LogP contribution in [0.4, 0.5) is 0 Å². The van der Waals surface area contributed by atoms with Gasteiger partial charge in [-0.1, -0.05) is 0 Å². The Morgan fingerprint density at radius 1 is 0.421 bits per heavy atom. The van der Waals surface area contributed by atoms with E-state index in [0.29, 0.717) is 0 Å². The summed E-state index contributed by atoms with van der Waals surface area (Å²) in [6.45, 7) is 0. The van der Waals surface area contributed by atoms with Crippen LogP contribution in [0.3, 0.4) is 0 Å². The van der Waals surface area contributed by atoms with Crippen molar-refractivity contribution in [3.63, 3.8) is 0 Å². The van der Waals surface area contributed by atoms with E-state index in [9.17, 15) is 0 Å². The van der Waals surface area contributed by atoms with Crippen LogP contribution in [0, 0.1) is 7.14 Å². The van der Waals surface area contributed by atoms with Gasteiger partial charge in [0.2, 0.25) is 0 Å². The fourth-order valence-corrected chi connectivity index (χ4v) is 4.15. The summed E-state index contributed by atoms with van der Waals surface area (Å²) in [6, 6.07) is 30.3. The van der Waals surface area contributed by atoms with Crippen molar-refractivity contribution in [3.8, 4) is 11.1 Å². The predicted molar refractivity (Wildman–Crippen MR) is 75.7 cm³/mol. The van der Waals surface area contributed by atoms with Crippen molar-refractivity contribution in [2.75, 3.05) is 0 Å². The first-order valence-electron chi connectivity index (χ1n) is 6.27. The second kappa shape index (κ2) is 6.02. The molecule has 19 heavy (non-hydrogen) atoms. The predicted octanol–water partition coefficient (Wildman–Crippen LogP) is 1.48. The minimum atomic E-state index is -0.0542. The van der Waals surface area contributed by atoms with E-state index in [0.717, 1.165) is 0 Å². The van der Waals surface area contributed by atoms with Crippen LogP contribution in [-0.4, -0.2) is 0 Å². The van der Waals surface area contributed by atoms with Gasteiger partial charge in [0, 0.05) is 0 Å². The Labute approximate surface area is 124 Å². The van der Waals surface area contributed by atoms with Crippen LogP contribution >= 0.6 is 0 Å². The Bertz CT molecular complexity index is 628. The fraction of sp³-hybridized carbons (Fsp3) is 0. The van der Waals surface area contributed by atoms with Crippen LogP contribution < -0.4 is 21.2 Å². The number of hydrogen-bond acceptors (Lipinski definition) is 0. The van der Waals surface area contributed by atoms with Crippen molar-refractivity contribution in [1.29, 1.82) is 0 Å². The van der Waals surface area contributed by atoms with Gasteiger partial charge in [0.05, 0.1) is 0 Å². The molecule has 0 aromatic heterocycles. The van der Waals surface area contributed by atoms with Crippen LogP contribution in [0.2, 0.25) is 0 Å². The summed E-state index contributed by atoms with van der Waals surface area (Å²) < 4.78 is 2.93. The summed E-state index contributed by atoms with van der Waals surface area (Å²) in [5.41, 5.74) is 2.58. The molecule has 0 unspecified atom stereocenters. The molecule has 0 nitrogen and oxygen atoms in total. The van der Waals surface area contributed by atoms with E-state index in [4.69, 9.17) is 0 Å². The van der Waals surface area contributed by atoms with E-state index in [1.54, 1.807) is 0 Å². The van der Waals surface area contributed by atoms with Crippen LogP contribution in [0.15, 0.2) is 84.9 Å². The molecule has 0 radical (unpaired) electrons. The van der Waals surface area contributed by atoms with Crippen LogP contribution in [0.1, 0.15) is 0 Å². The van der Waals surface area contributed by atoms with Crippen LogP contribution in [0.25, 0.3) is 11.1 Å². The Morgan fingerprint density at radius 3 is 1.53 bits per heavy atom. The molecule has 0 spiro atoms. The molecule has 0 fully saturated rings. The molecule has 0 aliphatic heterocycles. The summed E-state index contributed by atoms with van der Waals surface area (Å²) in [4.78, 5) is 0. The van der Waals surface area contributed by atoms with Gasteiger partial charge in [0.1, 0.15) is 0 Å². The van der Waals surface area contributed by atoms with Gasteiger partial charge in [-0.3, -0.25) is 0 Å². The molecule has 0 heterocycles. The Morgan fingerprint density at radius 2 is 0.895 bits per heavy atom. The van der Waals surface area contributed by atoms with Crippen molar-refractivity contribution in [1.82, 2.24) is 0 Å². The van der Waals surface area contributed by atoms with Crippen molar-refractivity contribution >= 4 is 0 Å². The second-order valence-corrected chi connectivity index (χ2v) is 7.29. The zero-order chi connectivity index (χ0) is 12.9. The van der Waals surface area contributed by atoms with Crippen LogP contribution in [-0.2, 0) is 0 Å². The molecule has 1 heteroatoms. The zero-order valence-electron chi connectivity index (χ0n) is 10.5. The fourth-order valence-electron chi connectivity index (χ4n) is 1.94. The van der Waals surface area contributed by atoms with E-state index >= 15 is 0 Å². The van der Waals surface area contributed by atoms with Gasteiger partial charge in [-0.25, -0.2) is 0 Å². The van der Waals surface area contributed by atoms with Gasteiger partial charge in [0.15, 0.2) is 0 Å². The standard InChI is InChI=1S/C18H14I/c1-3-7-15(8-4-1)16-11-13-18(14-12-16)19-17-9-5-2-6-10-17/h1-14H/q-1. The van der Waals surface area contributed by atoms with Crippen molar-refractivity contribution in [2.24, 2.45) is 0 Å². The third kappa shape index (κ3) is 3.24. The number of halogens is 1. The molecular formula is C18H14I-. The molecule has 3 aromatic rings. The molecular weight excluding hydrogens is 343 g/mol. The maximum absolute atomic E-state index is 2.27. The average Bonchev–Trinajstić information content (AvgIpc) is 2.50. The molecule has 0 saturated carbocycles. The number of rotatable bonds is 3. The van der Waals surface area contributed by atoms with Gasteiger partial charge in [-0.05, 0) is 0 Å². The monoisotopic (exact) mass is 357 g/mol. The third-order valence-corrected chi connectivity index (χ3v) is 5.59. The van der Waals surface area contributed by atoms with Gasteiger partial charge in [-0.2, -0.15) is 0 Å². The molecule has 0 amide bonds. The summed E-state index contributed by atoms with van der Waals surface area (Å²) >= 11 is -0.0542. The van der Waals surface area contributed by atoms with E-state index in [2.05, 4.69) is 84.9 Å². The Balaban J connectivity index is 1.80. The first-order valence-corrected chi connectivity index (χ1v) is 8.43. The molecule has 0 bridgehead atoms. The van der Waals surface area contributed by atoms with Gasteiger partial charge < -0.3 is 0 Å². The molecule has 0 atom stereocenters. The zero-order valence-corrected chi connectivity index (χ0v) is 12.6. The Kier molecular flexibility index (Phi) is 3.94. The first kappa shape index (κ1) is 12.4. The van der Waals surface area contributed by atoms with Crippen molar-refractivity contribution in [3.05, 3.63) is 92.1 Å². The molecule has 0 aliphatic carbocycles. The first-order chi connectivity index (χ1) is 9.42. The van der Waals surface area contributed by atoms with Crippen molar-refractivity contribution in [2.45, 2.75) is 0 Å². The van der Waals surface area contributed by atoms with E-state index in [1.807, 2.05) is 0 Å². The third-order valence-electron chi connectivity index (χ3n) is 2.90. The van der Waals surface area contributed by atoms with E-state index in [1.165, 1.54) is 18.3 Å². The summed E-state index contributed by atoms with van der Waals surface area (Å²) in [5.74, 6) is 0. The topological polar surface area (TPSA) is 0 Å².